The van der Waals surface area contributed by atoms with Crippen LogP contribution >= 0.6 is 0 Å². The highest BCUT2D eigenvalue weighted by molar-refractivity contribution is 4.77. The molecule has 0 saturated carbocycles. The molecular weight excluding hydrogens is 118 g/mol. The highest BCUT2D eigenvalue weighted by atomic mass is 16.8. The Morgan fingerprint density at radius 2 is 1.89 bits per heavy atom. The van der Waals surface area contributed by atoms with Gasteiger partial charge in [-0.15, -0.1) is 0 Å². The van der Waals surface area contributed by atoms with E-state index in [-0.39, 0.29) is 6.54 Å². The topological polar surface area (TPSA) is 46.1 Å². The van der Waals surface area contributed by atoms with Gasteiger partial charge in [0.25, 0.3) is 0 Å². The minimum atomic E-state index is -1.30. The van der Waals surface area contributed by atoms with Gasteiger partial charge in [-0.05, 0) is 13.8 Å². The number of nitrogens with zero attached hydrogens (tertiary/aromatic N) is 1. The molecule has 3 nitrogen and oxygen atoms in total. The predicted octanol–water partition coefficient (Wildman–Crippen LogP) is 1.37. The van der Waals surface area contributed by atoms with Gasteiger partial charge in [0.2, 0.25) is 0 Å². The van der Waals surface area contributed by atoms with Crippen LogP contribution in [-0.2, 0) is 0 Å². The zero-order valence-electron chi connectivity index (χ0n) is 5.89. The molecule has 54 valence electrons. The molecule has 1 saturated heterocycles. The van der Waals surface area contributed by atoms with Gasteiger partial charge in [-0.25, -0.2) is 0 Å². The number of quaternary nitrogens is 1. The zero-order valence-corrected chi connectivity index (χ0v) is 5.89. The summed E-state index contributed by atoms with van der Waals surface area (Å²) in [5.41, 5.74) is -0.583. The molecular formula is C6H12NO2-. The van der Waals surface area contributed by atoms with E-state index in [1.165, 1.54) is 0 Å². The van der Waals surface area contributed by atoms with E-state index in [0.29, 0.717) is 0 Å². The van der Waals surface area contributed by atoms with Crippen LogP contribution in [0, 0.1) is 10.4 Å². The first-order valence-electron chi connectivity index (χ1n) is 3.26. The van der Waals surface area contributed by atoms with Crippen molar-refractivity contribution in [2.45, 2.75) is 32.2 Å². The van der Waals surface area contributed by atoms with E-state index < -0.39 is 10.3 Å². The quantitative estimate of drug-likeness (QED) is 0.367. The van der Waals surface area contributed by atoms with Crippen molar-refractivity contribution in [3.8, 4) is 0 Å². The third-order valence-electron chi connectivity index (χ3n) is 2.16. The Balaban J connectivity index is 2.75. The van der Waals surface area contributed by atoms with Gasteiger partial charge < -0.3 is 15.2 Å². The smallest absolute Gasteiger partial charge is 0.0932 e. The highest BCUT2D eigenvalue weighted by Crippen LogP contribution is 2.33. The maximum absolute atomic E-state index is 10.9. The van der Waals surface area contributed by atoms with Crippen LogP contribution in [-0.4, -0.2) is 16.9 Å². The Kier molecular flexibility index (Phi) is 1.31. The van der Waals surface area contributed by atoms with Crippen molar-refractivity contribution in [1.82, 2.24) is 0 Å². The summed E-state index contributed by atoms with van der Waals surface area (Å²) in [6.45, 7) is 3.72. The molecule has 0 aliphatic carbocycles. The first-order valence-corrected chi connectivity index (χ1v) is 3.26. The summed E-state index contributed by atoms with van der Waals surface area (Å²) >= 11 is 0. The van der Waals surface area contributed by atoms with E-state index in [2.05, 4.69) is 0 Å². The third-order valence-corrected chi connectivity index (χ3v) is 2.16. The molecule has 9 heavy (non-hydrogen) atoms. The fourth-order valence-electron chi connectivity index (χ4n) is 1.19. The molecule has 1 aliphatic rings. The van der Waals surface area contributed by atoms with E-state index in [1.807, 2.05) is 0 Å². The molecule has 1 fully saturated rings. The van der Waals surface area contributed by atoms with Gasteiger partial charge >= 0.3 is 0 Å². The molecule has 0 amide bonds. The van der Waals surface area contributed by atoms with Gasteiger partial charge in [-0.1, -0.05) is 0 Å². The summed E-state index contributed by atoms with van der Waals surface area (Å²) in [5.74, 6) is 0. The Morgan fingerprint density at radius 3 is 2.00 bits per heavy atom. The molecule has 3 heteroatoms. The molecule has 0 N–H and O–H groups in total. The van der Waals surface area contributed by atoms with Crippen molar-refractivity contribution in [2.75, 3.05) is 6.54 Å². The molecule has 0 aromatic rings. The lowest BCUT2D eigenvalue weighted by molar-refractivity contribution is -0.867. The Morgan fingerprint density at radius 1 is 1.33 bits per heavy atom. The van der Waals surface area contributed by atoms with Crippen LogP contribution in [0.3, 0.4) is 0 Å². The average molecular weight is 130 g/mol. The van der Waals surface area contributed by atoms with Gasteiger partial charge in [0, 0.05) is 12.8 Å². The summed E-state index contributed by atoms with van der Waals surface area (Å²) in [6.07, 6.45) is 1.54. The second kappa shape index (κ2) is 1.68. The molecule has 0 aromatic carbocycles. The maximum atomic E-state index is 10.9. The van der Waals surface area contributed by atoms with Gasteiger partial charge in [0.1, 0.15) is 0 Å². The van der Waals surface area contributed by atoms with Gasteiger partial charge in [0.15, 0.2) is 0 Å². The summed E-state index contributed by atoms with van der Waals surface area (Å²) in [7, 11) is 0. The van der Waals surface area contributed by atoms with E-state index in [1.54, 1.807) is 13.8 Å². The first kappa shape index (κ1) is 6.99. The van der Waals surface area contributed by atoms with Crippen LogP contribution in [0.5, 0.6) is 0 Å². The van der Waals surface area contributed by atoms with E-state index in [0.717, 1.165) is 12.8 Å². The normalized spacial score (nSPS) is 30.7. The van der Waals surface area contributed by atoms with Crippen molar-refractivity contribution in [3.63, 3.8) is 0 Å². The molecule has 1 rings (SSSR count). The molecule has 0 radical (unpaired) electrons. The average Bonchev–Trinajstić information content (AvgIpc) is 1.81. The summed E-state index contributed by atoms with van der Waals surface area (Å²) < 4.78 is 0. The van der Waals surface area contributed by atoms with Gasteiger partial charge in [-0.2, -0.15) is 0 Å². The second-order valence-corrected chi connectivity index (χ2v) is 3.31. The SMILES string of the molecule is CC1(C)CCC[N+]1([O-])[O-]. The van der Waals surface area contributed by atoms with Crippen LogP contribution < -0.4 is 0 Å². The second-order valence-electron chi connectivity index (χ2n) is 3.31. The lowest BCUT2D eigenvalue weighted by Gasteiger charge is -2.53. The molecule has 0 bridgehead atoms. The monoisotopic (exact) mass is 130 g/mol. The molecule has 1 aliphatic heterocycles. The van der Waals surface area contributed by atoms with Crippen molar-refractivity contribution in [3.05, 3.63) is 10.4 Å². The number of hydrogen-bond donors (Lipinski definition) is 0. The number of hydroxylamine groups is 4. The van der Waals surface area contributed by atoms with Crippen LogP contribution in [0.2, 0.25) is 0 Å². The molecule has 1 heterocycles. The van der Waals surface area contributed by atoms with Crippen LogP contribution in [0.1, 0.15) is 26.7 Å². The standard InChI is InChI=1S/C6H12NO2/c1-6(2)4-3-5-7(6,8)9/h3-5H2,1-2H3/q-1. The van der Waals surface area contributed by atoms with E-state index >= 15 is 0 Å². The Bertz CT molecular complexity index is 106. The fraction of sp³-hybridized carbons (Fsp3) is 1.00. The highest BCUT2D eigenvalue weighted by Gasteiger charge is 2.35. The summed E-state index contributed by atoms with van der Waals surface area (Å²) in [4.78, 5) is -1.30. The van der Waals surface area contributed by atoms with Gasteiger partial charge in [-0.3, -0.25) is 0 Å². The van der Waals surface area contributed by atoms with Crippen molar-refractivity contribution >= 4 is 0 Å². The molecule has 0 aromatic heterocycles. The maximum Gasteiger partial charge on any atom is 0.0932 e. The Labute approximate surface area is 55.0 Å². The third kappa shape index (κ3) is 0.956. The summed E-state index contributed by atoms with van der Waals surface area (Å²) in [5, 5.41) is 21.9. The molecule has 0 atom stereocenters. The summed E-state index contributed by atoms with van der Waals surface area (Å²) in [6, 6.07) is 0. The fourth-order valence-corrected chi connectivity index (χ4v) is 1.19. The van der Waals surface area contributed by atoms with Crippen LogP contribution in [0.15, 0.2) is 0 Å². The number of hydrogen-bond acceptors (Lipinski definition) is 2. The lowest BCUT2D eigenvalue weighted by atomic mass is 10.0. The Hall–Kier alpha value is -0.120. The molecule has 0 spiro atoms. The van der Waals surface area contributed by atoms with Crippen molar-refractivity contribution < 1.29 is 4.81 Å². The van der Waals surface area contributed by atoms with Gasteiger partial charge in [0.05, 0.1) is 12.1 Å². The van der Waals surface area contributed by atoms with Crippen LogP contribution in [0.25, 0.3) is 0 Å². The number of rotatable bonds is 0. The van der Waals surface area contributed by atoms with E-state index in [9.17, 15) is 10.4 Å². The van der Waals surface area contributed by atoms with Crippen LogP contribution in [0.4, 0.5) is 0 Å². The lowest BCUT2D eigenvalue weighted by Crippen LogP contribution is -2.47. The van der Waals surface area contributed by atoms with Crippen molar-refractivity contribution in [1.29, 1.82) is 0 Å². The minimum Gasteiger partial charge on any atom is -0.631 e. The van der Waals surface area contributed by atoms with Crippen molar-refractivity contribution in [2.24, 2.45) is 0 Å². The predicted molar refractivity (Wildman–Crippen MR) is 35.2 cm³/mol. The zero-order chi connectivity index (χ0) is 7.12. The minimum absolute atomic E-state index is 0.243. The first-order chi connectivity index (χ1) is 3.96. The largest absolute Gasteiger partial charge is 0.631 e. The molecule has 0 unspecified atom stereocenters. The van der Waals surface area contributed by atoms with E-state index in [4.69, 9.17) is 0 Å².